The lowest BCUT2D eigenvalue weighted by molar-refractivity contribution is -0.137. The van der Waals surface area contributed by atoms with Gasteiger partial charge in [-0.25, -0.2) is 4.79 Å². The number of rotatable bonds is 3. The molecule has 0 unspecified atom stereocenters. The number of nitrogens with zero attached hydrogens (tertiary/aromatic N) is 1. The van der Waals surface area contributed by atoms with E-state index in [2.05, 4.69) is 5.16 Å². The van der Waals surface area contributed by atoms with Crippen LogP contribution in [0.4, 0.5) is 13.2 Å². The van der Waals surface area contributed by atoms with Crippen LogP contribution in [-0.2, 0) is 6.18 Å². The molecule has 0 saturated carbocycles. The monoisotopic (exact) mass is 333 g/mol. The number of halogens is 3. The first kappa shape index (κ1) is 15.8. The fourth-order valence-electron chi connectivity index (χ4n) is 2.28. The van der Waals surface area contributed by atoms with E-state index in [-0.39, 0.29) is 22.6 Å². The molecule has 122 valence electrons. The van der Waals surface area contributed by atoms with Crippen LogP contribution in [0.2, 0.25) is 0 Å². The lowest BCUT2D eigenvalue weighted by Gasteiger charge is -2.06. The van der Waals surface area contributed by atoms with Crippen molar-refractivity contribution in [2.75, 3.05) is 0 Å². The molecule has 0 atom stereocenters. The van der Waals surface area contributed by atoms with Crippen molar-refractivity contribution in [3.05, 3.63) is 65.7 Å². The highest BCUT2D eigenvalue weighted by Gasteiger charge is 2.30. The Morgan fingerprint density at radius 3 is 2.50 bits per heavy atom. The number of aromatic nitrogens is 1. The summed E-state index contributed by atoms with van der Waals surface area (Å²) in [6.45, 7) is 0. The number of benzene rings is 2. The van der Waals surface area contributed by atoms with Crippen LogP contribution in [0.3, 0.4) is 0 Å². The van der Waals surface area contributed by atoms with Gasteiger partial charge in [-0.15, -0.1) is 0 Å². The Kier molecular flexibility index (Phi) is 3.84. The Hall–Kier alpha value is -3.09. The minimum absolute atomic E-state index is 0.0291. The van der Waals surface area contributed by atoms with E-state index in [9.17, 15) is 23.1 Å². The second kappa shape index (κ2) is 5.84. The summed E-state index contributed by atoms with van der Waals surface area (Å²) in [4.78, 5) is 11.2. The van der Waals surface area contributed by atoms with Crippen LogP contribution in [0.15, 0.2) is 59.1 Å². The molecule has 0 radical (unpaired) electrons. The molecule has 2 aromatic carbocycles. The van der Waals surface area contributed by atoms with E-state index in [4.69, 9.17) is 4.52 Å². The van der Waals surface area contributed by atoms with Gasteiger partial charge in [0.15, 0.2) is 5.76 Å². The van der Waals surface area contributed by atoms with Crippen LogP contribution >= 0.6 is 0 Å². The summed E-state index contributed by atoms with van der Waals surface area (Å²) >= 11 is 0. The maximum atomic E-state index is 12.8. The molecule has 3 rings (SSSR count). The number of carboxylic acid groups (broad SMARTS) is 1. The van der Waals surface area contributed by atoms with Gasteiger partial charge < -0.3 is 9.63 Å². The number of hydrogen-bond acceptors (Lipinski definition) is 3. The van der Waals surface area contributed by atoms with Crippen molar-refractivity contribution in [1.82, 2.24) is 5.16 Å². The van der Waals surface area contributed by atoms with Crippen LogP contribution in [0, 0.1) is 0 Å². The molecule has 24 heavy (non-hydrogen) atoms. The van der Waals surface area contributed by atoms with Crippen LogP contribution in [0.25, 0.3) is 22.6 Å². The van der Waals surface area contributed by atoms with Gasteiger partial charge in [-0.1, -0.05) is 35.5 Å². The molecular weight excluding hydrogens is 323 g/mol. The van der Waals surface area contributed by atoms with Gasteiger partial charge >= 0.3 is 12.1 Å². The van der Waals surface area contributed by atoms with Crippen LogP contribution < -0.4 is 0 Å². The molecule has 4 nitrogen and oxygen atoms in total. The minimum atomic E-state index is -4.46. The molecule has 0 fully saturated rings. The third-order valence-electron chi connectivity index (χ3n) is 3.42. The first-order valence-corrected chi connectivity index (χ1v) is 6.83. The second-order valence-corrected chi connectivity index (χ2v) is 5.01. The topological polar surface area (TPSA) is 63.3 Å². The van der Waals surface area contributed by atoms with E-state index in [1.54, 1.807) is 18.2 Å². The average Bonchev–Trinajstić information content (AvgIpc) is 3.04. The fraction of sp³-hybridized carbons (Fsp3) is 0.0588. The maximum absolute atomic E-state index is 12.8. The molecule has 0 bridgehead atoms. The third kappa shape index (κ3) is 3.01. The molecule has 1 heterocycles. The quantitative estimate of drug-likeness (QED) is 0.753. The highest BCUT2D eigenvalue weighted by atomic mass is 19.4. The van der Waals surface area contributed by atoms with Crippen LogP contribution in [0.1, 0.15) is 15.9 Å². The molecular formula is C17H10F3NO3. The Bertz CT molecular complexity index is 900. The molecule has 0 aliphatic carbocycles. The van der Waals surface area contributed by atoms with Crippen molar-refractivity contribution >= 4 is 5.97 Å². The van der Waals surface area contributed by atoms with Crippen molar-refractivity contribution in [3.8, 4) is 22.6 Å². The summed E-state index contributed by atoms with van der Waals surface area (Å²) < 4.78 is 43.4. The van der Waals surface area contributed by atoms with Crippen molar-refractivity contribution in [2.45, 2.75) is 6.18 Å². The second-order valence-electron chi connectivity index (χ2n) is 5.01. The number of aromatic carboxylic acids is 1. The summed E-state index contributed by atoms with van der Waals surface area (Å²) in [5.74, 6) is -1.01. The Morgan fingerprint density at radius 2 is 1.79 bits per heavy atom. The Labute approximate surface area is 134 Å². The predicted molar refractivity (Wildman–Crippen MR) is 79.3 cm³/mol. The molecule has 7 heteroatoms. The summed E-state index contributed by atoms with van der Waals surface area (Å²) in [6.07, 6.45) is -4.46. The van der Waals surface area contributed by atoms with Gasteiger partial charge in [0, 0.05) is 17.2 Å². The zero-order chi connectivity index (χ0) is 17.3. The zero-order valence-corrected chi connectivity index (χ0v) is 12.0. The maximum Gasteiger partial charge on any atom is 0.416 e. The highest BCUT2D eigenvalue weighted by molar-refractivity contribution is 5.95. The summed E-state index contributed by atoms with van der Waals surface area (Å²) in [6, 6.07) is 12.2. The normalized spacial score (nSPS) is 11.5. The predicted octanol–water partition coefficient (Wildman–Crippen LogP) is 4.73. The molecule has 1 aromatic heterocycles. The first-order valence-electron chi connectivity index (χ1n) is 6.83. The standard InChI is InChI=1S/C17H10F3NO3/c18-17(19,20)11-5-3-4-10(8-11)15-9-14(21-24-15)12-6-1-2-7-13(12)16(22)23/h1-9H,(H,22,23). The molecule has 3 aromatic rings. The zero-order valence-electron chi connectivity index (χ0n) is 12.0. The van der Waals surface area contributed by atoms with E-state index in [0.717, 1.165) is 12.1 Å². The van der Waals surface area contributed by atoms with E-state index in [1.165, 1.54) is 24.3 Å². The van der Waals surface area contributed by atoms with Crippen LogP contribution in [0.5, 0.6) is 0 Å². The Morgan fingerprint density at radius 1 is 1.04 bits per heavy atom. The van der Waals surface area contributed by atoms with E-state index < -0.39 is 17.7 Å². The SMILES string of the molecule is O=C(O)c1ccccc1-c1cc(-c2cccc(C(F)(F)F)c2)on1. The van der Waals surface area contributed by atoms with Crippen molar-refractivity contribution in [1.29, 1.82) is 0 Å². The van der Waals surface area contributed by atoms with Crippen molar-refractivity contribution in [3.63, 3.8) is 0 Å². The molecule has 0 aliphatic heterocycles. The van der Waals surface area contributed by atoms with Gasteiger partial charge in [-0.2, -0.15) is 13.2 Å². The average molecular weight is 333 g/mol. The van der Waals surface area contributed by atoms with E-state index in [0.29, 0.717) is 5.56 Å². The van der Waals surface area contributed by atoms with Crippen LogP contribution in [-0.4, -0.2) is 16.2 Å². The largest absolute Gasteiger partial charge is 0.478 e. The van der Waals surface area contributed by atoms with Crippen molar-refractivity contribution < 1.29 is 27.6 Å². The highest BCUT2D eigenvalue weighted by Crippen LogP contribution is 2.33. The molecule has 0 spiro atoms. The fourth-order valence-corrected chi connectivity index (χ4v) is 2.28. The summed E-state index contributed by atoms with van der Waals surface area (Å²) in [5, 5.41) is 13.0. The first-order chi connectivity index (χ1) is 11.4. The number of alkyl halides is 3. The van der Waals surface area contributed by atoms with Gasteiger partial charge in [0.05, 0.1) is 11.1 Å². The number of carboxylic acids is 1. The van der Waals surface area contributed by atoms with Gasteiger partial charge in [0.1, 0.15) is 5.69 Å². The minimum Gasteiger partial charge on any atom is -0.478 e. The number of hydrogen-bond donors (Lipinski definition) is 1. The summed E-state index contributed by atoms with van der Waals surface area (Å²) in [7, 11) is 0. The van der Waals surface area contributed by atoms with Gasteiger partial charge in [0.25, 0.3) is 0 Å². The molecule has 1 N–H and O–H groups in total. The molecule has 0 amide bonds. The van der Waals surface area contributed by atoms with Gasteiger partial charge in [-0.3, -0.25) is 0 Å². The van der Waals surface area contributed by atoms with Gasteiger partial charge in [0.2, 0.25) is 0 Å². The number of carbonyl (C=O) groups is 1. The third-order valence-corrected chi connectivity index (χ3v) is 3.42. The van der Waals surface area contributed by atoms with Crippen molar-refractivity contribution in [2.24, 2.45) is 0 Å². The lowest BCUT2D eigenvalue weighted by Crippen LogP contribution is -2.04. The summed E-state index contributed by atoms with van der Waals surface area (Å²) in [5.41, 5.74) is -0.00551. The molecule has 0 saturated heterocycles. The van der Waals surface area contributed by atoms with Gasteiger partial charge in [-0.05, 0) is 18.2 Å². The van der Waals surface area contributed by atoms with E-state index in [1.807, 2.05) is 0 Å². The lowest BCUT2D eigenvalue weighted by atomic mass is 10.0. The molecule has 0 aliphatic rings. The smallest absolute Gasteiger partial charge is 0.416 e. The van der Waals surface area contributed by atoms with E-state index >= 15 is 0 Å². The Balaban J connectivity index is 2.02.